The highest BCUT2D eigenvalue weighted by atomic mass is 79.9. The molecule has 0 heterocycles. The Kier molecular flexibility index (Phi) is 5.70. The number of hydrogen-bond acceptors (Lipinski definition) is 3. The van der Waals surface area contributed by atoms with Crippen molar-refractivity contribution in [2.45, 2.75) is 32.2 Å². The minimum atomic E-state index is -4.69. The van der Waals surface area contributed by atoms with Gasteiger partial charge in [-0.05, 0) is 54.4 Å². The molecular weight excluding hydrogens is 339 g/mol. The fourth-order valence-electron chi connectivity index (χ4n) is 1.43. The highest BCUT2D eigenvalue weighted by Gasteiger charge is 2.31. The molecule has 1 rings (SSSR count). The maximum Gasteiger partial charge on any atom is 0.573 e. The number of nitrogens with one attached hydrogen (secondary N) is 1. The summed E-state index contributed by atoms with van der Waals surface area (Å²) in [6.45, 7) is 4.57. The molecule has 20 heavy (non-hydrogen) atoms. The summed E-state index contributed by atoms with van der Waals surface area (Å²) in [5.74, 6) is -0.264. The molecule has 0 aliphatic rings. The lowest BCUT2D eigenvalue weighted by molar-refractivity contribution is -0.274. The Bertz CT molecular complexity index is 450. The molecule has 0 bridgehead atoms. The second-order valence-electron chi connectivity index (χ2n) is 4.83. The second-order valence-corrected chi connectivity index (χ2v) is 5.69. The summed E-state index contributed by atoms with van der Waals surface area (Å²) < 4.78 is 45.8. The van der Waals surface area contributed by atoms with Crippen LogP contribution < -0.4 is 10.1 Å². The quantitative estimate of drug-likeness (QED) is 0.810. The summed E-state index contributed by atoms with van der Waals surface area (Å²) in [5.41, 5.74) is 0.460. The maximum absolute atomic E-state index is 12.1. The molecule has 1 aromatic rings. The summed E-state index contributed by atoms with van der Waals surface area (Å²) >= 11 is 3.06. The lowest BCUT2D eigenvalue weighted by Gasteiger charge is -2.23. The van der Waals surface area contributed by atoms with Gasteiger partial charge in [-0.1, -0.05) is 0 Å². The molecule has 0 saturated carbocycles. The predicted octanol–water partition coefficient (Wildman–Crippen LogP) is 4.57. The Balaban J connectivity index is 2.60. The molecule has 0 aromatic heterocycles. The van der Waals surface area contributed by atoms with Crippen molar-refractivity contribution >= 4 is 21.6 Å². The second kappa shape index (κ2) is 6.67. The van der Waals surface area contributed by atoms with E-state index in [0.717, 1.165) is 6.42 Å². The molecule has 7 heteroatoms. The molecule has 1 N–H and O–H groups in total. The smallest absolute Gasteiger partial charge is 0.405 e. The molecule has 3 nitrogen and oxygen atoms in total. The van der Waals surface area contributed by atoms with Crippen molar-refractivity contribution in [3.8, 4) is 5.75 Å². The van der Waals surface area contributed by atoms with Gasteiger partial charge in [0.1, 0.15) is 5.75 Å². The molecule has 0 aliphatic heterocycles. The third-order valence-electron chi connectivity index (χ3n) is 2.77. The van der Waals surface area contributed by atoms with Crippen molar-refractivity contribution in [1.82, 2.24) is 0 Å². The number of rotatable bonds is 6. The van der Waals surface area contributed by atoms with Crippen LogP contribution in [0.15, 0.2) is 22.7 Å². The molecule has 0 aliphatic carbocycles. The van der Waals surface area contributed by atoms with Crippen molar-refractivity contribution in [2.24, 2.45) is 0 Å². The third-order valence-corrected chi connectivity index (χ3v) is 3.39. The Morgan fingerprint density at radius 2 is 1.90 bits per heavy atom. The van der Waals surface area contributed by atoms with E-state index in [1.54, 1.807) is 13.2 Å². The zero-order valence-electron chi connectivity index (χ0n) is 11.5. The van der Waals surface area contributed by atoms with Gasteiger partial charge in [0, 0.05) is 19.3 Å². The summed E-state index contributed by atoms with van der Waals surface area (Å²) in [6.07, 6.45) is -3.93. The number of halogens is 4. The lowest BCUT2D eigenvalue weighted by atomic mass is 10.1. The van der Waals surface area contributed by atoms with E-state index in [4.69, 9.17) is 4.74 Å². The SMILES string of the molecule is COC(C)(C)CCNc1ccc(OC(F)(F)F)c(Br)c1. The molecule has 0 fully saturated rings. The number of benzene rings is 1. The van der Waals surface area contributed by atoms with Crippen LogP contribution >= 0.6 is 15.9 Å². The van der Waals surface area contributed by atoms with Crippen LogP contribution in [0.4, 0.5) is 18.9 Å². The number of methoxy groups -OCH3 is 1. The first-order valence-corrected chi connectivity index (χ1v) is 6.76. The van der Waals surface area contributed by atoms with Crippen LogP contribution in [-0.4, -0.2) is 25.6 Å². The monoisotopic (exact) mass is 355 g/mol. The minimum Gasteiger partial charge on any atom is -0.405 e. The Morgan fingerprint density at radius 1 is 1.25 bits per heavy atom. The van der Waals surface area contributed by atoms with Gasteiger partial charge < -0.3 is 14.8 Å². The van der Waals surface area contributed by atoms with Gasteiger partial charge in [-0.2, -0.15) is 0 Å². The Labute approximate surface area is 124 Å². The van der Waals surface area contributed by atoms with E-state index < -0.39 is 6.36 Å². The highest BCUT2D eigenvalue weighted by molar-refractivity contribution is 9.10. The van der Waals surface area contributed by atoms with Crippen LogP contribution in [0.25, 0.3) is 0 Å². The minimum absolute atomic E-state index is 0.242. The molecule has 0 atom stereocenters. The van der Waals surface area contributed by atoms with Gasteiger partial charge in [-0.25, -0.2) is 0 Å². The molecule has 1 aromatic carbocycles. The number of alkyl halides is 3. The van der Waals surface area contributed by atoms with Gasteiger partial charge in [0.25, 0.3) is 0 Å². The van der Waals surface area contributed by atoms with Crippen LogP contribution in [0, 0.1) is 0 Å². The fraction of sp³-hybridized carbons (Fsp3) is 0.538. The van der Waals surface area contributed by atoms with E-state index in [-0.39, 0.29) is 15.8 Å². The first kappa shape index (κ1) is 17.1. The Hall–Kier alpha value is -0.950. The zero-order valence-corrected chi connectivity index (χ0v) is 13.1. The first-order chi connectivity index (χ1) is 9.13. The molecule has 114 valence electrons. The lowest BCUT2D eigenvalue weighted by Crippen LogP contribution is -2.25. The van der Waals surface area contributed by atoms with E-state index in [9.17, 15) is 13.2 Å². The average Bonchev–Trinajstić information content (AvgIpc) is 2.31. The summed E-state index contributed by atoms with van der Waals surface area (Å²) in [6, 6.07) is 4.34. The molecule has 0 amide bonds. The van der Waals surface area contributed by atoms with E-state index in [0.29, 0.717) is 12.2 Å². The van der Waals surface area contributed by atoms with E-state index in [2.05, 4.69) is 26.0 Å². The van der Waals surface area contributed by atoms with Crippen molar-refractivity contribution in [3.63, 3.8) is 0 Å². The highest BCUT2D eigenvalue weighted by Crippen LogP contribution is 2.32. The zero-order chi connectivity index (χ0) is 15.4. The molecule has 0 radical (unpaired) electrons. The first-order valence-electron chi connectivity index (χ1n) is 5.97. The predicted molar refractivity (Wildman–Crippen MR) is 75.0 cm³/mol. The van der Waals surface area contributed by atoms with Crippen molar-refractivity contribution in [2.75, 3.05) is 19.0 Å². The van der Waals surface area contributed by atoms with Gasteiger partial charge in [0.15, 0.2) is 0 Å². The summed E-state index contributed by atoms with van der Waals surface area (Å²) in [5, 5.41) is 3.12. The van der Waals surface area contributed by atoms with Crippen LogP contribution in [0.5, 0.6) is 5.75 Å². The standard InChI is InChI=1S/C13H17BrF3NO2/c1-12(2,19-3)6-7-18-9-4-5-11(10(14)8-9)20-13(15,16)17/h4-5,8,18H,6-7H2,1-3H3. The average molecular weight is 356 g/mol. The van der Waals surface area contributed by atoms with Gasteiger partial charge in [0.05, 0.1) is 10.1 Å². The fourth-order valence-corrected chi connectivity index (χ4v) is 1.89. The largest absolute Gasteiger partial charge is 0.573 e. The van der Waals surface area contributed by atoms with Gasteiger partial charge in [-0.15, -0.1) is 13.2 Å². The topological polar surface area (TPSA) is 30.5 Å². The van der Waals surface area contributed by atoms with Crippen LogP contribution in [0.2, 0.25) is 0 Å². The molecule has 0 saturated heterocycles. The van der Waals surface area contributed by atoms with Crippen molar-refractivity contribution < 1.29 is 22.6 Å². The van der Waals surface area contributed by atoms with E-state index in [1.165, 1.54) is 12.1 Å². The number of ether oxygens (including phenoxy) is 2. The van der Waals surface area contributed by atoms with Gasteiger partial charge >= 0.3 is 6.36 Å². The van der Waals surface area contributed by atoms with Crippen LogP contribution in [-0.2, 0) is 4.74 Å². The third kappa shape index (κ3) is 6.00. The summed E-state index contributed by atoms with van der Waals surface area (Å²) in [7, 11) is 1.64. The van der Waals surface area contributed by atoms with E-state index >= 15 is 0 Å². The summed E-state index contributed by atoms with van der Waals surface area (Å²) in [4.78, 5) is 0. The molecular formula is C13H17BrF3NO2. The van der Waals surface area contributed by atoms with Crippen LogP contribution in [0.3, 0.4) is 0 Å². The van der Waals surface area contributed by atoms with Crippen LogP contribution in [0.1, 0.15) is 20.3 Å². The number of anilines is 1. The Morgan fingerprint density at radius 3 is 2.40 bits per heavy atom. The molecule has 0 spiro atoms. The normalized spacial score (nSPS) is 12.3. The van der Waals surface area contributed by atoms with Crippen molar-refractivity contribution in [3.05, 3.63) is 22.7 Å². The number of hydrogen-bond donors (Lipinski definition) is 1. The van der Waals surface area contributed by atoms with Crippen molar-refractivity contribution in [1.29, 1.82) is 0 Å². The van der Waals surface area contributed by atoms with Gasteiger partial charge in [-0.3, -0.25) is 0 Å². The molecule has 0 unspecified atom stereocenters. The van der Waals surface area contributed by atoms with E-state index in [1.807, 2.05) is 13.8 Å². The van der Waals surface area contributed by atoms with Gasteiger partial charge in [0.2, 0.25) is 0 Å². The maximum atomic E-state index is 12.1.